The molecule has 0 bridgehead atoms. The van der Waals surface area contributed by atoms with Crippen LogP contribution in [0.3, 0.4) is 0 Å². The van der Waals surface area contributed by atoms with Crippen LogP contribution in [0, 0.1) is 12.8 Å². The molecular weight excluding hydrogens is 306 g/mol. The lowest BCUT2D eigenvalue weighted by Gasteiger charge is -2.21. The highest BCUT2D eigenvalue weighted by Gasteiger charge is 2.17. The van der Waals surface area contributed by atoms with E-state index in [1.807, 2.05) is 14.1 Å². The normalized spacial score (nSPS) is 22.9. The predicted molar refractivity (Wildman–Crippen MR) is 109 cm³/mol. The Morgan fingerprint density at radius 3 is 2.44 bits per heavy atom. The lowest BCUT2D eigenvalue weighted by atomic mass is 9.88. The maximum Gasteiger partial charge on any atom is 0.0418 e. The summed E-state index contributed by atoms with van der Waals surface area (Å²) in [5.74, 6) is 0.291. The minimum Gasteiger partial charge on any atom is -0.356 e. The van der Waals surface area contributed by atoms with Crippen molar-refractivity contribution >= 4 is 17.1 Å². The van der Waals surface area contributed by atoms with Crippen LogP contribution in [-0.2, 0) is 0 Å². The molecule has 0 aromatic heterocycles. The fourth-order valence-electron chi connectivity index (χ4n) is 3.09. The summed E-state index contributed by atoms with van der Waals surface area (Å²) in [6.45, 7) is 2.10. The molecule has 2 aliphatic rings. The molecule has 2 aliphatic carbocycles. The second-order valence-electron chi connectivity index (χ2n) is 6.44. The number of anilines is 1. The Balaban J connectivity index is 1.73. The Morgan fingerprint density at radius 2 is 1.80 bits per heavy atom. The first-order valence-electron chi connectivity index (χ1n) is 8.71. The number of benzene rings is 1. The Kier molecular flexibility index (Phi) is 5.44. The van der Waals surface area contributed by atoms with Gasteiger partial charge in [0.1, 0.15) is 0 Å². The molecule has 0 radical (unpaired) electrons. The molecule has 0 saturated heterocycles. The first-order valence-corrected chi connectivity index (χ1v) is 8.71. The van der Waals surface area contributed by atoms with Crippen LogP contribution >= 0.6 is 0 Å². The molecule has 1 unspecified atom stereocenters. The van der Waals surface area contributed by atoms with Crippen LogP contribution in [0.25, 0.3) is 0 Å². The largest absolute Gasteiger partial charge is 0.356 e. The number of rotatable bonds is 4. The molecule has 25 heavy (non-hydrogen) atoms. The van der Waals surface area contributed by atoms with Gasteiger partial charge in [-0.05, 0) is 43.7 Å². The van der Waals surface area contributed by atoms with E-state index in [0.717, 1.165) is 35.6 Å². The van der Waals surface area contributed by atoms with Crippen LogP contribution in [0.15, 0.2) is 82.0 Å². The summed E-state index contributed by atoms with van der Waals surface area (Å²) in [5.41, 5.74) is 7.10. The van der Waals surface area contributed by atoms with Crippen molar-refractivity contribution in [2.24, 2.45) is 15.9 Å². The van der Waals surface area contributed by atoms with Gasteiger partial charge in [0.2, 0.25) is 0 Å². The van der Waals surface area contributed by atoms with Gasteiger partial charge in [-0.15, -0.1) is 0 Å². The molecule has 1 atom stereocenters. The smallest absolute Gasteiger partial charge is 0.0418 e. The summed E-state index contributed by atoms with van der Waals surface area (Å²) in [4.78, 5) is 8.71. The fraction of sp³-hybridized carbons (Fsp3) is 0.273. The Hall–Kier alpha value is -2.68. The second-order valence-corrected chi connectivity index (χ2v) is 6.44. The summed E-state index contributed by atoms with van der Waals surface area (Å²) in [6, 6.07) is 8.47. The Labute approximate surface area is 150 Å². The highest BCUT2D eigenvalue weighted by Crippen LogP contribution is 2.25. The number of allylic oxidation sites excluding steroid dienone is 7. The molecule has 1 N–H and O–H groups in total. The molecule has 1 aromatic rings. The molecule has 128 valence electrons. The predicted octanol–water partition coefficient (Wildman–Crippen LogP) is 4.89. The van der Waals surface area contributed by atoms with Gasteiger partial charge in [0.15, 0.2) is 0 Å². The number of hydrogen-bond acceptors (Lipinski definition) is 3. The van der Waals surface area contributed by atoms with E-state index in [2.05, 4.69) is 82.9 Å². The number of aliphatic imine (C=N–C) groups is 2. The van der Waals surface area contributed by atoms with Crippen LogP contribution in [0.2, 0.25) is 0 Å². The zero-order valence-electron chi connectivity index (χ0n) is 15.2. The fourth-order valence-corrected chi connectivity index (χ4v) is 3.09. The van der Waals surface area contributed by atoms with E-state index in [-0.39, 0.29) is 0 Å². The minimum atomic E-state index is 0.291. The number of nitrogens with one attached hydrogen (secondary N) is 1. The molecular formula is C22H25N3. The van der Waals surface area contributed by atoms with E-state index in [1.165, 1.54) is 11.1 Å². The molecule has 1 aromatic carbocycles. The maximum atomic E-state index is 4.46. The van der Waals surface area contributed by atoms with Gasteiger partial charge in [0, 0.05) is 49.2 Å². The SMILES string of the molecule is CN=C1C=CC(CC2C=C(Nc3ccc(C)cc3)C=CC2=NC)=CC1. The molecule has 0 heterocycles. The van der Waals surface area contributed by atoms with Crippen molar-refractivity contribution in [1.82, 2.24) is 0 Å². The summed E-state index contributed by atoms with van der Waals surface area (Å²) in [5, 5.41) is 3.50. The van der Waals surface area contributed by atoms with Crippen molar-refractivity contribution in [2.45, 2.75) is 19.8 Å². The molecule has 0 amide bonds. The van der Waals surface area contributed by atoms with E-state index in [0.29, 0.717) is 5.92 Å². The monoisotopic (exact) mass is 331 g/mol. The molecule has 3 nitrogen and oxygen atoms in total. The molecule has 3 rings (SSSR count). The van der Waals surface area contributed by atoms with Gasteiger partial charge in [0.05, 0.1) is 0 Å². The van der Waals surface area contributed by atoms with Crippen molar-refractivity contribution in [1.29, 1.82) is 0 Å². The quantitative estimate of drug-likeness (QED) is 0.837. The third-order valence-corrected chi connectivity index (χ3v) is 4.60. The van der Waals surface area contributed by atoms with Crippen molar-refractivity contribution in [3.05, 3.63) is 77.6 Å². The lowest BCUT2D eigenvalue weighted by Crippen LogP contribution is -2.17. The summed E-state index contributed by atoms with van der Waals surface area (Å²) in [7, 11) is 3.71. The van der Waals surface area contributed by atoms with Gasteiger partial charge < -0.3 is 5.32 Å². The van der Waals surface area contributed by atoms with Crippen LogP contribution in [-0.4, -0.2) is 25.5 Å². The molecule has 0 saturated carbocycles. The first kappa shape index (κ1) is 17.2. The number of hydrogen-bond donors (Lipinski definition) is 1. The minimum absolute atomic E-state index is 0.291. The average Bonchev–Trinajstić information content (AvgIpc) is 2.64. The van der Waals surface area contributed by atoms with E-state index in [4.69, 9.17) is 0 Å². The summed E-state index contributed by atoms with van der Waals surface area (Å²) < 4.78 is 0. The van der Waals surface area contributed by atoms with Gasteiger partial charge in [0.25, 0.3) is 0 Å². The van der Waals surface area contributed by atoms with E-state index < -0.39 is 0 Å². The zero-order chi connectivity index (χ0) is 17.6. The molecule has 0 aliphatic heterocycles. The van der Waals surface area contributed by atoms with Gasteiger partial charge in [-0.2, -0.15) is 0 Å². The number of nitrogens with zero attached hydrogens (tertiary/aromatic N) is 2. The van der Waals surface area contributed by atoms with Crippen LogP contribution in [0.4, 0.5) is 5.69 Å². The van der Waals surface area contributed by atoms with Gasteiger partial charge in [-0.25, -0.2) is 0 Å². The van der Waals surface area contributed by atoms with Crippen molar-refractivity contribution in [3.8, 4) is 0 Å². The molecule has 0 spiro atoms. The highest BCUT2D eigenvalue weighted by atomic mass is 14.9. The Morgan fingerprint density at radius 1 is 1.00 bits per heavy atom. The molecule has 0 fully saturated rings. The van der Waals surface area contributed by atoms with Gasteiger partial charge in [-0.1, -0.05) is 41.5 Å². The highest BCUT2D eigenvalue weighted by molar-refractivity contribution is 6.00. The second kappa shape index (κ2) is 7.93. The third kappa shape index (κ3) is 4.44. The summed E-state index contributed by atoms with van der Waals surface area (Å²) in [6.07, 6.45) is 14.9. The third-order valence-electron chi connectivity index (χ3n) is 4.60. The zero-order valence-corrected chi connectivity index (χ0v) is 15.2. The van der Waals surface area contributed by atoms with Crippen LogP contribution < -0.4 is 5.32 Å². The van der Waals surface area contributed by atoms with Gasteiger partial charge in [-0.3, -0.25) is 9.98 Å². The summed E-state index contributed by atoms with van der Waals surface area (Å²) >= 11 is 0. The molecule has 3 heteroatoms. The van der Waals surface area contributed by atoms with Crippen molar-refractivity contribution in [3.63, 3.8) is 0 Å². The number of aryl methyl sites for hydroxylation is 1. The van der Waals surface area contributed by atoms with E-state index in [9.17, 15) is 0 Å². The topological polar surface area (TPSA) is 36.8 Å². The van der Waals surface area contributed by atoms with Gasteiger partial charge >= 0.3 is 0 Å². The van der Waals surface area contributed by atoms with E-state index >= 15 is 0 Å². The van der Waals surface area contributed by atoms with E-state index in [1.54, 1.807) is 0 Å². The van der Waals surface area contributed by atoms with Crippen LogP contribution in [0.5, 0.6) is 0 Å². The lowest BCUT2D eigenvalue weighted by molar-refractivity contribution is 0.839. The van der Waals surface area contributed by atoms with Crippen LogP contribution in [0.1, 0.15) is 18.4 Å². The Bertz CT molecular complexity index is 802. The first-order chi connectivity index (χ1) is 12.2. The van der Waals surface area contributed by atoms with Crippen molar-refractivity contribution in [2.75, 3.05) is 19.4 Å². The standard InChI is InChI=1S/C22H25N3/c1-16-4-8-20(9-5-16)25-21-12-13-22(24-3)18(15-21)14-17-6-10-19(23-2)11-7-17/h4-10,12-13,15,18,25H,11,14H2,1-3H3. The average molecular weight is 331 g/mol. The van der Waals surface area contributed by atoms with Crippen molar-refractivity contribution < 1.29 is 0 Å². The maximum absolute atomic E-state index is 4.46.